The Hall–Kier alpha value is -1.98. The molecule has 2 saturated heterocycles. The number of carbonyl (C=O) groups is 2. The summed E-state index contributed by atoms with van der Waals surface area (Å²) in [5.74, 6) is -1.65. The van der Waals surface area contributed by atoms with E-state index in [4.69, 9.17) is 4.74 Å². The molecule has 0 aromatic heterocycles. The number of nitrogens with zero attached hydrogens (tertiary/aromatic N) is 1. The van der Waals surface area contributed by atoms with Crippen LogP contribution >= 0.6 is 0 Å². The van der Waals surface area contributed by atoms with Crippen molar-refractivity contribution in [1.82, 2.24) is 0 Å². The van der Waals surface area contributed by atoms with E-state index < -0.39 is 23.5 Å². The van der Waals surface area contributed by atoms with Crippen LogP contribution in [-0.4, -0.2) is 35.2 Å². The summed E-state index contributed by atoms with van der Waals surface area (Å²) in [5.41, 5.74) is 1.48. The number of rotatable bonds is 2. The summed E-state index contributed by atoms with van der Waals surface area (Å²) in [4.78, 5) is 27.0. The van der Waals surface area contributed by atoms with Gasteiger partial charge in [0.2, 0.25) is 11.8 Å². The number of aliphatic hydroxyl groups excluding tert-OH is 1. The molecular formula is C17H17NO4. The molecule has 1 aromatic carbocycles. The topological polar surface area (TPSA) is 66.8 Å². The number of hydrogen-bond donors (Lipinski definition) is 1. The smallest absolute Gasteiger partial charge is 0.241 e. The van der Waals surface area contributed by atoms with E-state index in [1.165, 1.54) is 4.90 Å². The minimum Gasteiger partial charge on any atom is -0.393 e. The van der Waals surface area contributed by atoms with Crippen molar-refractivity contribution in [2.24, 2.45) is 11.8 Å². The van der Waals surface area contributed by atoms with Gasteiger partial charge in [-0.2, -0.15) is 0 Å². The molecule has 114 valence electrons. The first-order valence-electron chi connectivity index (χ1n) is 7.41. The fourth-order valence-corrected chi connectivity index (χ4v) is 3.88. The Morgan fingerprint density at radius 3 is 2.77 bits per heavy atom. The quantitative estimate of drug-likeness (QED) is 0.656. The van der Waals surface area contributed by atoms with Gasteiger partial charge in [-0.05, 0) is 31.0 Å². The highest BCUT2D eigenvalue weighted by atomic mass is 16.5. The third-order valence-electron chi connectivity index (χ3n) is 5.01. The summed E-state index contributed by atoms with van der Waals surface area (Å²) in [5, 5.41) is 9.69. The summed E-state index contributed by atoms with van der Waals surface area (Å²) in [7, 11) is 0. The summed E-state index contributed by atoms with van der Waals surface area (Å²) in [6.45, 7) is 3.52. The van der Waals surface area contributed by atoms with Gasteiger partial charge in [-0.3, -0.25) is 9.59 Å². The van der Waals surface area contributed by atoms with E-state index in [9.17, 15) is 14.7 Å². The number of anilines is 1. The molecule has 1 N–H and O–H groups in total. The molecule has 0 radical (unpaired) electrons. The van der Waals surface area contributed by atoms with E-state index in [1.54, 1.807) is 12.2 Å². The zero-order chi connectivity index (χ0) is 15.6. The van der Waals surface area contributed by atoms with Crippen molar-refractivity contribution < 1.29 is 19.4 Å². The minimum atomic E-state index is -1.03. The van der Waals surface area contributed by atoms with Crippen molar-refractivity contribution in [2.75, 3.05) is 11.5 Å². The van der Waals surface area contributed by atoms with Crippen LogP contribution in [0.2, 0.25) is 0 Å². The van der Waals surface area contributed by atoms with Crippen LogP contribution in [0.15, 0.2) is 30.4 Å². The van der Waals surface area contributed by atoms with Gasteiger partial charge in [0, 0.05) is 0 Å². The molecule has 0 spiro atoms. The molecule has 2 bridgehead atoms. The second-order valence-electron chi connectivity index (χ2n) is 6.36. The number of amides is 2. The summed E-state index contributed by atoms with van der Waals surface area (Å²) < 4.78 is 5.73. The van der Waals surface area contributed by atoms with E-state index >= 15 is 0 Å². The molecule has 0 saturated carbocycles. The molecule has 5 heteroatoms. The summed E-state index contributed by atoms with van der Waals surface area (Å²) in [6.07, 6.45) is 3.11. The van der Waals surface area contributed by atoms with Gasteiger partial charge in [-0.25, -0.2) is 4.90 Å². The van der Waals surface area contributed by atoms with Gasteiger partial charge in [-0.15, -0.1) is 0 Å². The number of ether oxygens (including phenoxy) is 1. The molecule has 3 aliphatic heterocycles. The Kier molecular flexibility index (Phi) is 2.65. The number of aliphatic hydroxyl groups is 1. The second-order valence-corrected chi connectivity index (χ2v) is 6.36. The zero-order valence-corrected chi connectivity index (χ0v) is 12.4. The largest absolute Gasteiger partial charge is 0.393 e. The van der Waals surface area contributed by atoms with Gasteiger partial charge in [0.05, 0.1) is 30.2 Å². The number of fused-ring (bicyclic) bond motifs is 5. The van der Waals surface area contributed by atoms with Gasteiger partial charge in [0.15, 0.2) is 0 Å². The highest BCUT2D eigenvalue weighted by Gasteiger charge is 2.67. The monoisotopic (exact) mass is 299 g/mol. The Morgan fingerprint density at radius 1 is 1.27 bits per heavy atom. The molecule has 3 aliphatic rings. The lowest BCUT2D eigenvalue weighted by Gasteiger charge is -2.26. The van der Waals surface area contributed by atoms with Crippen LogP contribution in [0.3, 0.4) is 0 Å². The summed E-state index contributed by atoms with van der Waals surface area (Å²) in [6, 6.07) is 5.72. The number of benzene rings is 1. The van der Waals surface area contributed by atoms with Crippen molar-refractivity contribution in [2.45, 2.75) is 25.6 Å². The van der Waals surface area contributed by atoms with Crippen LogP contribution in [0.4, 0.5) is 5.69 Å². The molecule has 5 nitrogen and oxygen atoms in total. The first kappa shape index (κ1) is 13.7. The van der Waals surface area contributed by atoms with Gasteiger partial charge in [-0.1, -0.05) is 24.3 Å². The lowest BCUT2D eigenvalue weighted by atomic mass is 9.77. The third-order valence-corrected chi connectivity index (χ3v) is 5.01. The number of hydrogen-bond acceptors (Lipinski definition) is 4. The van der Waals surface area contributed by atoms with Crippen molar-refractivity contribution >= 4 is 17.5 Å². The van der Waals surface area contributed by atoms with Crippen LogP contribution < -0.4 is 4.90 Å². The fourth-order valence-electron chi connectivity index (χ4n) is 3.88. The molecule has 4 atom stereocenters. The highest BCUT2D eigenvalue weighted by Crippen LogP contribution is 2.52. The molecule has 1 aromatic rings. The van der Waals surface area contributed by atoms with E-state index in [2.05, 4.69) is 0 Å². The number of aryl methyl sites for hydroxylation is 2. The molecule has 3 heterocycles. The molecule has 2 amide bonds. The van der Waals surface area contributed by atoms with Crippen molar-refractivity contribution in [3.8, 4) is 0 Å². The predicted octanol–water partition coefficient (Wildman–Crippen LogP) is 1.11. The lowest BCUT2D eigenvalue weighted by molar-refractivity contribution is -0.128. The zero-order valence-electron chi connectivity index (χ0n) is 12.4. The van der Waals surface area contributed by atoms with Gasteiger partial charge < -0.3 is 9.84 Å². The van der Waals surface area contributed by atoms with Crippen LogP contribution in [0, 0.1) is 25.7 Å². The SMILES string of the molecule is Cc1ccc(C)c(N2C(=O)[C@H]3[C@@H]4C=C[C@](CO)(O4)[C@@H]3C2=O)c1. The third kappa shape index (κ3) is 1.50. The van der Waals surface area contributed by atoms with Gasteiger partial charge in [0.25, 0.3) is 0 Å². The standard InChI is InChI=1S/C17H17NO4/c1-9-3-4-10(2)11(7-9)18-15(20)13-12-5-6-17(8-19,22-12)14(13)16(18)21/h3-7,12-14,19H,8H2,1-2H3/t12-,13-,14-,17+/m0/s1. The Morgan fingerprint density at radius 2 is 2.05 bits per heavy atom. The Balaban J connectivity index is 1.81. The Bertz CT molecular complexity index is 725. The van der Waals surface area contributed by atoms with Crippen LogP contribution in [0.5, 0.6) is 0 Å². The van der Waals surface area contributed by atoms with E-state index in [0.29, 0.717) is 5.69 Å². The Labute approximate surface area is 128 Å². The molecule has 4 rings (SSSR count). The van der Waals surface area contributed by atoms with Crippen LogP contribution in [0.1, 0.15) is 11.1 Å². The van der Waals surface area contributed by atoms with Crippen molar-refractivity contribution in [3.05, 3.63) is 41.5 Å². The van der Waals surface area contributed by atoms with Crippen molar-refractivity contribution in [3.63, 3.8) is 0 Å². The van der Waals surface area contributed by atoms with Crippen LogP contribution in [-0.2, 0) is 14.3 Å². The second kappa shape index (κ2) is 4.27. The maximum Gasteiger partial charge on any atom is 0.241 e. The average Bonchev–Trinajstić information content (AvgIpc) is 3.14. The predicted molar refractivity (Wildman–Crippen MR) is 79.2 cm³/mol. The van der Waals surface area contributed by atoms with E-state index in [0.717, 1.165) is 11.1 Å². The molecular weight excluding hydrogens is 282 g/mol. The maximum atomic E-state index is 12.9. The first-order chi connectivity index (χ1) is 10.5. The minimum absolute atomic E-state index is 0.228. The van der Waals surface area contributed by atoms with Gasteiger partial charge in [0.1, 0.15) is 5.60 Å². The molecule has 22 heavy (non-hydrogen) atoms. The molecule has 2 fully saturated rings. The molecule has 0 aliphatic carbocycles. The van der Waals surface area contributed by atoms with Crippen LogP contribution in [0.25, 0.3) is 0 Å². The maximum absolute atomic E-state index is 12.9. The fraction of sp³-hybridized carbons (Fsp3) is 0.412. The molecule has 0 unspecified atom stereocenters. The first-order valence-corrected chi connectivity index (χ1v) is 7.41. The number of imide groups is 1. The highest BCUT2D eigenvalue weighted by molar-refractivity contribution is 6.23. The van der Waals surface area contributed by atoms with Gasteiger partial charge >= 0.3 is 0 Å². The summed E-state index contributed by atoms with van der Waals surface area (Å²) >= 11 is 0. The van der Waals surface area contributed by atoms with E-state index in [1.807, 2.05) is 32.0 Å². The number of carbonyl (C=O) groups excluding carboxylic acids is 2. The van der Waals surface area contributed by atoms with E-state index in [-0.39, 0.29) is 18.4 Å². The normalized spacial score (nSPS) is 35.6. The average molecular weight is 299 g/mol. The van der Waals surface area contributed by atoms with Crippen molar-refractivity contribution in [1.29, 1.82) is 0 Å². The lowest BCUT2D eigenvalue weighted by Crippen LogP contribution is -2.43.